The number of benzene rings is 1. The van der Waals surface area contributed by atoms with Gasteiger partial charge in [-0.2, -0.15) is 18.3 Å². The molecule has 0 N–H and O–H groups in total. The fourth-order valence-corrected chi connectivity index (χ4v) is 1.63. The van der Waals surface area contributed by atoms with Crippen LogP contribution in [-0.4, -0.2) is 8.80 Å². The Morgan fingerprint density at radius 2 is 1.50 bits per heavy atom. The van der Waals surface area contributed by atoms with Gasteiger partial charge in [-0.3, -0.25) is 8.80 Å². The van der Waals surface area contributed by atoms with E-state index in [0.29, 0.717) is 0 Å². The molecule has 0 radical (unpaired) electrons. The second kappa shape index (κ2) is 4.79. The fraction of sp³-hybridized carbons (Fsp3) is 0.250. The molecule has 0 unspecified atom stereocenters. The third-order valence-electron chi connectivity index (χ3n) is 1.35. The summed E-state index contributed by atoms with van der Waals surface area (Å²) >= 11 is 0. The molecule has 0 bridgehead atoms. The van der Waals surface area contributed by atoms with Crippen molar-refractivity contribution in [2.24, 2.45) is 0 Å². The first-order valence-corrected chi connectivity index (χ1v) is 5.66. The van der Waals surface area contributed by atoms with Gasteiger partial charge < -0.3 is 0 Å². The van der Waals surface area contributed by atoms with Gasteiger partial charge in [0.2, 0.25) is 0 Å². The van der Waals surface area contributed by atoms with Crippen LogP contribution < -0.4 is 24.0 Å². The zero-order valence-corrected chi connectivity index (χ0v) is 7.89. The van der Waals surface area contributed by atoms with Crippen molar-refractivity contribution in [2.75, 3.05) is 0 Å². The number of hydrogen-bond acceptors (Lipinski definition) is 0. The molecule has 1 aromatic carbocycles. The predicted octanol–water partition coefficient (Wildman–Crippen LogP) is -1.35. The van der Waals surface area contributed by atoms with Gasteiger partial charge in [-0.25, -0.2) is 0 Å². The summed E-state index contributed by atoms with van der Waals surface area (Å²) in [5, 5.41) is 1.52. The SMILES string of the molecule is C[Si-](C)c1ccccc1.[Li+]. The minimum absolute atomic E-state index is 0. The molecule has 0 aliphatic carbocycles. The molecule has 0 saturated heterocycles. The maximum Gasteiger partial charge on any atom is 1.00 e. The smallest absolute Gasteiger partial charge is 0.292 e. The minimum atomic E-state index is -0.212. The van der Waals surface area contributed by atoms with Gasteiger partial charge in [0.05, 0.1) is 0 Å². The molecule has 1 aromatic rings. The van der Waals surface area contributed by atoms with Crippen LogP contribution in [0.2, 0.25) is 13.1 Å². The Balaban J connectivity index is 0.000000810. The standard InChI is InChI=1S/C8H11Si.Li/c1-9(2)8-6-4-3-5-7-8;/h3-7H,1-2H3;/q-1;+1. The summed E-state index contributed by atoms with van der Waals surface area (Å²) in [5.41, 5.74) is 0. The van der Waals surface area contributed by atoms with E-state index in [2.05, 4.69) is 43.4 Å². The largest absolute Gasteiger partial charge is 1.00 e. The quantitative estimate of drug-likeness (QED) is 0.425. The zero-order chi connectivity index (χ0) is 6.69. The molecule has 0 aromatic heterocycles. The predicted molar refractivity (Wildman–Crippen MR) is 43.6 cm³/mol. The third kappa shape index (κ3) is 2.75. The van der Waals surface area contributed by atoms with Gasteiger partial charge in [0.25, 0.3) is 0 Å². The maximum atomic E-state index is 2.31. The van der Waals surface area contributed by atoms with Crippen LogP contribution >= 0.6 is 0 Å². The summed E-state index contributed by atoms with van der Waals surface area (Å²) in [6.07, 6.45) is 0. The number of rotatable bonds is 1. The van der Waals surface area contributed by atoms with Gasteiger partial charge in [-0.1, -0.05) is 30.3 Å². The van der Waals surface area contributed by atoms with Gasteiger partial charge in [-0.05, 0) is 0 Å². The fourth-order valence-electron chi connectivity index (χ4n) is 0.771. The second-order valence-electron chi connectivity index (χ2n) is 2.37. The van der Waals surface area contributed by atoms with Crippen LogP contribution in [0.4, 0.5) is 0 Å². The van der Waals surface area contributed by atoms with Crippen LogP contribution in [0.25, 0.3) is 0 Å². The van der Waals surface area contributed by atoms with Crippen LogP contribution in [0.1, 0.15) is 0 Å². The molecule has 0 aliphatic heterocycles. The Kier molecular flexibility index (Phi) is 4.81. The Morgan fingerprint density at radius 1 is 1.00 bits per heavy atom. The zero-order valence-electron chi connectivity index (χ0n) is 6.89. The first-order chi connectivity index (χ1) is 4.30. The van der Waals surface area contributed by atoms with Gasteiger partial charge in [0, 0.05) is 0 Å². The van der Waals surface area contributed by atoms with Crippen molar-refractivity contribution < 1.29 is 18.9 Å². The number of hydrogen-bond donors (Lipinski definition) is 0. The summed E-state index contributed by atoms with van der Waals surface area (Å²) in [4.78, 5) is 0. The van der Waals surface area contributed by atoms with Crippen molar-refractivity contribution in [2.45, 2.75) is 13.1 Å². The van der Waals surface area contributed by atoms with Crippen LogP contribution in [0.15, 0.2) is 30.3 Å². The van der Waals surface area contributed by atoms with Crippen LogP contribution in [0.5, 0.6) is 0 Å². The van der Waals surface area contributed by atoms with E-state index in [-0.39, 0.29) is 27.7 Å². The Labute approximate surface area is 76.4 Å². The van der Waals surface area contributed by atoms with E-state index >= 15 is 0 Å². The van der Waals surface area contributed by atoms with Gasteiger partial charge in [0.15, 0.2) is 0 Å². The summed E-state index contributed by atoms with van der Waals surface area (Å²) in [6, 6.07) is 10.7. The molecule has 0 aliphatic rings. The molecular formula is C8H11LiSi. The molecular weight excluding hydrogens is 131 g/mol. The van der Waals surface area contributed by atoms with E-state index in [1.807, 2.05) is 0 Å². The molecule has 10 heavy (non-hydrogen) atoms. The van der Waals surface area contributed by atoms with E-state index in [1.54, 1.807) is 0 Å². The summed E-state index contributed by atoms with van der Waals surface area (Å²) in [5.74, 6) is 0. The van der Waals surface area contributed by atoms with Crippen molar-refractivity contribution in [3.05, 3.63) is 30.3 Å². The monoisotopic (exact) mass is 142 g/mol. The van der Waals surface area contributed by atoms with Gasteiger partial charge in [-0.15, -0.1) is 0 Å². The molecule has 1 rings (SSSR count). The maximum absolute atomic E-state index is 2.31. The normalized spacial score (nSPS) is 8.20. The molecule has 0 fully saturated rings. The van der Waals surface area contributed by atoms with Crippen LogP contribution in [-0.2, 0) is 0 Å². The minimum Gasteiger partial charge on any atom is -0.292 e. The van der Waals surface area contributed by atoms with Gasteiger partial charge in [0.1, 0.15) is 0 Å². The van der Waals surface area contributed by atoms with Crippen molar-refractivity contribution in [1.82, 2.24) is 0 Å². The molecule has 0 nitrogen and oxygen atoms in total. The second-order valence-corrected chi connectivity index (χ2v) is 4.94. The van der Waals surface area contributed by atoms with E-state index in [1.165, 1.54) is 5.19 Å². The van der Waals surface area contributed by atoms with E-state index in [4.69, 9.17) is 0 Å². The van der Waals surface area contributed by atoms with Gasteiger partial charge >= 0.3 is 18.9 Å². The molecule has 0 spiro atoms. The summed E-state index contributed by atoms with van der Waals surface area (Å²) < 4.78 is 0. The Bertz CT molecular complexity index is 172. The average Bonchev–Trinajstić information content (AvgIpc) is 1.90. The van der Waals surface area contributed by atoms with Crippen LogP contribution in [0, 0.1) is 0 Å². The van der Waals surface area contributed by atoms with Crippen molar-refractivity contribution in [1.29, 1.82) is 0 Å². The molecule has 0 saturated carbocycles. The Morgan fingerprint density at radius 3 is 1.80 bits per heavy atom. The molecule has 0 heterocycles. The molecule has 48 valence electrons. The Hall–Kier alpha value is 0.0343. The van der Waals surface area contributed by atoms with Crippen LogP contribution in [0.3, 0.4) is 0 Å². The van der Waals surface area contributed by atoms with Crippen molar-refractivity contribution in [3.8, 4) is 0 Å². The van der Waals surface area contributed by atoms with Crippen molar-refractivity contribution >= 4 is 14.0 Å². The average molecular weight is 142 g/mol. The first kappa shape index (κ1) is 10.0. The molecule has 0 atom stereocenters. The summed E-state index contributed by atoms with van der Waals surface area (Å²) in [6.45, 7) is 4.61. The topological polar surface area (TPSA) is 0 Å². The molecule has 2 heteroatoms. The van der Waals surface area contributed by atoms with E-state index in [9.17, 15) is 0 Å². The van der Waals surface area contributed by atoms with E-state index < -0.39 is 0 Å². The van der Waals surface area contributed by atoms with Crippen molar-refractivity contribution in [3.63, 3.8) is 0 Å². The first-order valence-electron chi connectivity index (χ1n) is 3.16. The van der Waals surface area contributed by atoms with E-state index in [0.717, 1.165) is 0 Å². The molecule has 0 amide bonds. The third-order valence-corrected chi connectivity index (χ3v) is 2.84. The summed E-state index contributed by atoms with van der Waals surface area (Å²) in [7, 11) is -0.212.